The maximum absolute atomic E-state index is 12.7. The van der Waals surface area contributed by atoms with Crippen LogP contribution in [0, 0.1) is 0 Å². The number of fused-ring (bicyclic) bond motifs is 2. The van der Waals surface area contributed by atoms with Gasteiger partial charge in [-0.05, 0) is 30.3 Å². The number of phenols is 3. The van der Waals surface area contributed by atoms with Gasteiger partial charge in [-0.25, -0.2) is 0 Å². The van der Waals surface area contributed by atoms with Gasteiger partial charge in [-0.3, -0.25) is 4.79 Å². The van der Waals surface area contributed by atoms with E-state index in [1.807, 2.05) is 0 Å². The molecule has 1 aromatic heterocycles. The normalized spacial score (nSPS) is 16.9. The van der Waals surface area contributed by atoms with Crippen molar-refractivity contribution >= 4 is 11.0 Å². The summed E-state index contributed by atoms with van der Waals surface area (Å²) in [4.78, 5) is 12.7. The Kier molecular flexibility index (Phi) is 5.29. The molecule has 0 saturated heterocycles. The Hall–Kier alpha value is -4.57. The molecule has 180 valence electrons. The van der Waals surface area contributed by atoms with E-state index >= 15 is 0 Å². The van der Waals surface area contributed by atoms with Crippen molar-refractivity contribution in [1.29, 1.82) is 0 Å². The Morgan fingerprint density at radius 3 is 2.46 bits per heavy atom. The number of benzene rings is 3. The summed E-state index contributed by atoms with van der Waals surface area (Å²) >= 11 is 0. The summed E-state index contributed by atoms with van der Waals surface area (Å²) < 4.78 is 22.8. The summed E-state index contributed by atoms with van der Waals surface area (Å²) in [5.74, 6) is -1.07. The largest absolute Gasteiger partial charge is 0.508 e. The minimum absolute atomic E-state index is 0.0601. The summed E-state index contributed by atoms with van der Waals surface area (Å²) in [6.45, 7) is -0.359. The van der Waals surface area contributed by atoms with Crippen LogP contribution in [-0.4, -0.2) is 45.4 Å². The summed E-state index contributed by atoms with van der Waals surface area (Å²) in [7, 11) is 1.41. The first-order valence-electron chi connectivity index (χ1n) is 10.5. The number of aliphatic hydroxyl groups excluding tert-OH is 1. The van der Waals surface area contributed by atoms with Crippen LogP contribution >= 0.6 is 0 Å². The Morgan fingerprint density at radius 2 is 1.71 bits per heavy atom. The zero-order valence-corrected chi connectivity index (χ0v) is 18.3. The lowest BCUT2D eigenvalue weighted by Gasteiger charge is -2.33. The number of ether oxygens (including phenoxy) is 3. The van der Waals surface area contributed by atoms with Crippen molar-refractivity contribution in [2.75, 3.05) is 13.7 Å². The molecule has 0 amide bonds. The van der Waals surface area contributed by atoms with E-state index in [0.29, 0.717) is 11.3 Å². The molecule has 2 atom stereocenters. The minimum Gasteiger partial charge on any atom is -0.508 e. The highest BCUT2D eigenvalue weighted by atomic mass is 16.6. The molecule has 10 nitrogen and oxygen atoms in total. The van der Waals surface area contributed by atoms with E-state index in [1.54, 1.807) is 12.1 Å². The van der Waals surface area contributed by atoms with Gasteiger partial charge in [0, 0.05) is 23.3 Å². The number of hydrogen-bond acceptors (Lipinski definition) is 10. The third-order valence-electron chi connectivity index (χ3n) is 5.72. The third kappa shape index (κ3) is 3.69. The van der Waals surface area contributed by atoms with E-state index in [9.17, 15) is 30.3 Å². The van der Waals surface area contributed by atoms with Crippen LogP contribution < -0.4 is 19.6 Å². The zero-order chi connectivity index (χ0) is 24.9. The van der Waals surface area contributed by atoms with Gasteiger partial charge in [0.25, 0.3) is 0 Å². The highest BCUT2D eigenvalue weighted by Gasteiger charge is 2.34. The van der Waals surface area contributed by atoms with Crippen LogP contribution in [0.15, 0.2) is 57.7 Å². The van der Waals surface area contributed by atoms with Gasteiger partial charge in [0.2, 0.25) is 11.2 Å². The number of rotatable bonds is 4. The molecule has 5 N–H and O–H groups in total. The molecule has 0 aliphatic carbocycles. The van der Waals surface area contributed by atoms with E-state index < -0.39 is 29.1 Å². The molecule has 35 heavy (non-hydrogen) atoms. The van der Waals surface area contributed by atoms with Gasteiger partial charge in [0.05, 0.1) is 13.7 Å². The van der Waals surface area contributed by atoms with Crippen LogP contribution in [0.2, 0.25) is 0 Å². The SMILES string of the molecule is COc1cc([C@@H]2Oc3cc(-c4oc5cc(O)cc(O)c5c(=O)c4O)ccc3O[C@H]2CO)ccc1O. The van der Waals surface area contributed by atoms with Crippen LogP contribution in [-0.2, 0) is 0 Å². The molecule has 0 fully saturated rings. The molecule has 3 aromatic carbocycles. The molecule has 0 spiro atoms. The van der Waals surface area contributed by atoms with Crippen LogP contribution in [0.3, 0.4) is 0 Å². The van der Waals surface area contributed by atoms with Gasteiger partial charge in [-0.2, -0.15) is 0 Å². The highest BCUT2D eigenvalue weighted by molar-refractivity contribution is 5.88. The van der Waals surface area contributed by atoms with E-state index in [1.165, 1.54) is 31.4 Å². The number of aromatic hydroxyl groups is 4. The Labute approximate surface area is 197 Å². The highest BCUT2D eigenvalue weighted by Crippen LogP contribution is 2.44. The number of phenolic OH excluding ortho intramolecular Hbond substituents is 3. The van der Waals surface area contributed by atoms with Gasteiger partial charge in [-0.1, -0.05) is 6.07 Å². The fourth-order valence-corrected chi connectivity index (χ4v) is 4.03. The third-order valence-corrected chi connectivity index (χ3v) is 5.72. The first kappa shape index (κ1) is 22.2. The monoisotopic (exact) mass is 480 g/mol. The molecule has 1 aliphatic rings. The maximum atomic E-state index is 12.7. The molecular weight excluding hydrogens is 460 g/mol. The molecule has 4 aromatic rings. The first-order valence-corrected chi connectivity index (χ1v) is 10.5. The Bertz CT molecular complexity index is 1510. The molecule has 5 rings (SSSR count). The molecule has 2 heterocycles. The lowest BCUT2D eigenvalue weighted by Crippen LogP contribution is -2.36. The van der Waals surface area contributed by atoms with Crippen LogP contribution in [0.1, 0.15) is 11.7 Å². The van der Waals surface area contributed by atoms with Crippen molar-refractivity contribution in [3.8, 4) is 51.6 Å². The molecule has 10 heteroatoms. The van der Waals surface area contributed by atoms with Crippen molar-refractivity contribution in [3.05, 3.63) is 64.3 Å². The molecule has 0 bridgehead atoms. The predicted octanol–water partition coefficient (Wildman–Crippen LogP) is 3.16. The van der Waals surface area contributed by atoms with E-state index in [0.717, 1.165) is 12.1 Å². The van der Waals surface area contributed by atoms with Gasteiger partial charge < -0.3 is 44.2 Å². The molecular formula is C25H20O10. The summed E-state index contributed by atoms with van der Waals surface area (Å²) in [6, 6.07) is 11.3. The van der Waals surface area contributed by atoms with Gasteiger partial charge in [0.15, 0.2) is 41.0 Å². The number of aliphatic hydroxyl groups is 1. The van der Waals surface area contributed by atoms with Crippen molar-refractivity contribution in [2.24, 2.45) is 0 Å². The second-order valence-corrected chi connectivity index (χ2v) is 7.92. The average Bonchev–Trinajstić information content (AvgIpc) is 2.85. The van der Waals surface area contributed by atoms with Crippen LogP contribution in [0.5, 0.6) is 40.2 Å². The van der Waals surface area contributed by atoms with E-state index in [2.05, 4.69) is 0 Å². The Balaban J connectivity index is 1.59. The van der Waals surface area contributed by atoms with Crippen LogP contribution in [0.4, 0.5) is 0 Å². The second-order valence-electron chi connectivity index (χ2n) is 7.92. The quantitative estimate of drug-likeness (QED) is 0.294. The summed E-state index contributed by atoms with van der Waals surface area (Å²) in [5, 5.41) is 49.8. The minimum atomic E-state index is -0.872. The zero-order valence-electron chi connectivity index (χ0n) is 18.3. The first-order chi connectivity index (χ1) is 16.8. The molecule has 0 saturated carbocycles. The lowest BCUT2D eigenvalue weighted by atomic mass is 10.0. The lowest BCUT2D eigenvalue weighted by molar-refractivity contribution is -0.0123. The van der Waals surface area contributed by atoms with Crippen LogP contribution in [0.25, 0.3) is 22.3 Å². The van der Waals surface area contributed by atoms with Gasteiger partial charge >= 0.3 is 0 Å². The standard InChI is InChI=1S/C25H20O10/c1-32-17-6-11(2-4-14(17)28)24-20(10-26)33-16-5-3-12(7-18(16)34-24)25-23(31)22(30)21-15(29)8-13(27)9-19(21)35-25/h2-9,20,24,26-29,31H,10H2,1H3/t20-,24-/m0/s1. The maximum Gasteiger partial charge on any atom is 0.238 e. The predicted molar refractivity (Wildman–Crippen MR) is 122 cm³/mol. The summed E-state index contributed by atoms with van der Waals surface area (Å²) in [5.41, 5.74) is -0.162. The van der Waals surface area contributed by atoms with Gasteiger partial charge in [0.1, 0.15) is 22.5 Å². The fourth-order valence-electron chi connectivity index (χ4n) is 4.03. The summed E-state index contributed by atoms with van der Waals surface area (Å²) in [6.07, 6.45) is -1.54. The number of methoxy groups -OCH3 is 1. The van der Waals surface area contributed by atoms with Crippen molar-refractivity contribution in [3.63, 3.8) is 0 Å². The van der Waals surface area contributed by atoms with Crippen molar-refractivity contribution in [1.82, 2.24) is 0 Å². The van der Waals surface area contributed by atoms with Gasteiger partial charge in [-0.15, -0.1) is 0 Å². The molecule has 0 radical (unpaired) electrons. The fraction of sp³-hybridized carbons (Fsp3) is 0.160. The van der Waals surface area contributed by atoms with E-state index in [-0.39, 0.29) is 51.9 Å². The average molecular weight is 480 g/mol. The van der Waals surface area contributed by atoms with Crippen molar-refractivity contribution < 1.29 is 44.2 Å². The number of hydrogen-bond donors (Lipinski definition) is 5. The van der Waals surface area contributed by atoms with E-state index in [4.69, 9.17) is 18.6 Å². The van der Waals surface area contributed by atoms with Crippen molar-refractivity contribution in [2.45, 2.75) is 12.2 Å². The Morgan fingerprint density at radius 1 is 0.914 bits per heavy atom. The molecule has 1 aliphatic heterocycles. The second kappa shape index (κ2) is 8.33. The topological polar surface area (TPSA) is 159 Å². The smallest absolute Gasteiger partial charge is 0.238 e. The molecule has 0 unspecified atom stereocenters.